The number of benzene rings is 1. The predicted octanol–water partition coefficient (Wildman–Crippen LogP) is 4.90. The second-order valence-corrected chi connectivity index (χ2v) is 9.76. The van der Waals surface area contributed by atoms with Gasteiger partial charge in [-0.25, -0.2) is 15.0 Å². The first-order chi connectivity index (χ1) is 15.2. The Labute approximate surface area is 187 Å². The Bertz CT molecular complexity index is 1070. The standard InChI is InChI=1S/C24H29N5OS/c1-16-25-13-20(19-8-9-21-22(11-19)31-15-27-21)23(28-16)26-12-17-5-4-10-29(14-17)24(30)18-6-2-3-7-18/h8-9,11,13,15,17-18H,2-7,10,12,14H2,1H3,(H,25,26,28). The van der Waals surface area contributed by atoms with Gasteiger partial charge in [0, 0.05) is 37.3 Å². The van der Waals surface area contributed by atoms with Crippen molar-refractivity contribution in [3.63, 3.8) is 0 Å². The highest BCUT2D eigenvalue weighted by atomic mass is 32.1. The highest BCUT2D eigenvalue weighted by Gasteiger charge is 2.30. The lowest BCUT2D eigenvalue weighted by atomic mass is 9.96. The van der Waals surface area contributed by atoms with Crippen LogP contribution < -0.4 is 5.32 Å². The van der Waals surface area contributed by atoms with Crippen molar-refractivity contribution < 1.29 is 4.79 Å². The number of amides is 1. The van der Waals surface area contributed by atoms with E-state index >= 15 is 0 Å². The number of rotatable bonds is 5. The van der Waals surface area contributed by atoms with Gasteiger partial charge in [0.2, 0.25) is 5.91 Å². The molecule has 2 fully saturated rings. The smallest absolute Gasteiger partial charge is 0.225 e. The van der Waals surface area contributed by atoms with E-state index in [0.717, 1.165) is 78.3 Å². The molecule has 1 N–H and O–H groups in total. The summed E-state index contributed by atoms with van der Waals surface area (Å²) in [4.78, 5) is 28.5. The number of carbonyl (C=O) groups is 1. The minimum Gasteiger partial charge on any atom is -0.369 e. The molecule has 0 spiro atoms. The number of aromatic nitrogens is 3. The lowest BCUT2D eigenvalue weighted by Gasteiger charge is -2.34. The lowest BCUT2D eigenvalue weighted by molar-refractivity contribution is -0.137. The Morgan fingerprint density at radius 2 is 2.06 bits per heavy atom. The summed E-state index contributed by atoms with van der Waals surface area (Å²) >= 11 is 1.64. The van der Waals surface area contributed by atoms with Crippen molar-refractivity contribution in [2.45, 2.75) is 45.4 Å². The molecule has 0 radical (unpaired) electrons. The summed E-state index contributed by atoms with van der Waals surface area (Å²) in [6.45, 7) is 4.51. The minimum absolute atomic E-state index is 0.268. The Morgan fingerprint density at radius 1 is 1.19 bits per heavy atom. The molecule has 0 bridgehead atoms. The zero-order chi connectivity index (χ0) is 21.2. The van der Waals surface area contributed by atoms with E-state index in [4.69, 9.17) is 4.98 Å². The molecule has 5 rings (SSSR count). The number of carbonyl (C=O) groups excluding carboxylic acids is 1. The van der Waals surface area contributed by atoms with Crippen molar-refractivity contribution >= 4 is 33.3 Å². The van der Waals surface area contributed by atoms with Gasteiger partial charge in [-0.2, -0.15) is 0 Å². The summed E-state index contributed by atoms with van der Waals surface area (Å²) in [5.41, 5.74) is 5.00. The Morgan fingerprint density at radius 3 is 2.94 bits per heavy atom. The largest absolute Gasteiger partial charge is 0.369 e. The zero-order valence-electron chi connectivity index (χ0n) is 18.0. The van der Waals surface area contributed by atoms with Crippen LogP contribution in [-0.4, -0.2) is 45.4 Å². The van der Waals surface area contributed by atoms with Crippen molar-refractivity contribution in [2.24, 2.45) is 11.8 Å². The van der Waals surface area contributed by atoms with E-state index in [2.05, 4.69) is 38.4 Å². The van der Waals surface area contributed by atoms with Crippen LogP contribution in [0.15, 0.2) is 29.9 Å². The number of hydrogen-bond acceptors (Lipinski definition) is 6. The van der Waals surface area contributed by atoms with Gasteiger partial charge in [-0.05, 0) is 56.2 Å². The van der Waals surface area contributed by atoms with Gasteiger partial charge in [0.05, 0.1) is 15.7 Å². The molecule has 1 aliphatic heterocycles. The number of anilines is 1. The predicted molar refractivity (Wildman–Crippen MR) is 125 cm³/mol. The molecule has 2 aliphatic rings. The molecule has 1 aromatic carbocycles. The number of fused-ring (bicyclic) bond motifs is 1. The van der Waals surface area contributed by atoms with Crippen LogP contribution in [0.2, 0.25) is 0 Å². The average molecular weight is 436 g/mol. The summed E-state index contributed by atoms with van der Waals surface area (Å²) in [6, 6.07) is 6.30. The van der Waals surface area contributed by atoms with Gasteiger partial charge in [0.25, 0.3) is 0 Å². The van der Waals surface area contributed by atoms with Gasteiger partial charge in [-0.1, -0.05) is 18.9 Å². The molecule has 6 nitrogen and oxygen atoms in total. The Hall–Kier alpha value is -2.54. The van der Waals surface area contributed by atoms with E-state index in [-0.39, 0.29) is 5.92 Å². The van der Waals surface area contributed by atoms with Gasteiger partial charge >= 0.3 is 0 Å². The van der Waals surface area contributed by atoms with Gasteiger partial charge in [0.1, 0.15) is 11.6 Å². The van der Waals surface area contributed by atoms with Crippen molar-refractivity contribution in [3.8, 4) is 11.1 Å². The molecule has 1 saturated carbocycles. The molecule has 2 aromatic heterocycles. The maximum atomic E-state index is 12.9. The molecule has 1 unspecified atom stereocenters. The molecule has 162 valence electrons. The number of nitrogens with zero attached hydrogens (tertiary/aromatic N) is 4. The maximum Gasteiger partial charge on any atom is 0.225 e. The monoisotopic (exact) mass is 435 g/mol. The second-order valence-electron chi connectivity index (χ2n) is 8.87. The number of aryl methyl sites for hydroxylation is 1. The first-order valence-electron chi connectivity index (χ1n) is 11.4. The van der Waals surface area contributed by atoms with E-state index < -0.39 is 0 Å². The molecule has 1 atom stereocenters. The first-order valence-corrected chi connectivity index (χ1v) is 12.3. The summed E-state index contributed by atoms with van der Waals surface area (Å²) in [5.74, 6) is 2.73. The third-order valence-electron chi connectivity index (χ3n) is 6.64. The molecular formula is C24H29N5OS. The molecule has 1 saturated heterocycles. The van der Waals surface area contributed by atoms with E-state index in [1.807, 2.05) is 18.6 Å². The highest BCUT2D eigenvalue weighted by Crippen LogP contribution is 2.31. The maximum absolute atomic E-state index is 12.9. The molecule has 7 heteroatoms. The van der Waals surface area contributed by atoms with Crippen molar-refractivity contribution in [3.05, 3.63) is 35.7 Å². The fraction of sp³-hybridized carbons (Fsp3) is 0.500. The van der Waals surface area contributed by atoms with Gasteiger partial charge in [-0.3, -0.25) is 4.79 Å². The summed E-state index contributed by atoms with van der Waals surface area (Å²) in [7, 11) is 0. The normalized spacial score (nSPS) is 19.8. The fourth-order valence-corrected chi connectivity index (χ4v) is 5.66. The third kappa shape index (κ3) is 4.42. The van der Waals surface area contributed by atoms with E-state index in [9.17, 15) is 4.79 Å². The molecule has 3 aromatic rings. The number of nitrogens with one attached hydrogen (secondary N) is 1. The number of likely N-dealkylation sites (tertiary alicyclic amines) is 1. The molecular weight excluding hydrogens is 406 g/mol. The summed E-state index contributed by atoms with van der Waals surface area (Å²) < 4.78 is 1.16. The van der Waals surface area contributed by atoms with Crippen molar-refractivity contribution in [2.75, 3.05) is 25.0 Å². The second kappa shape index (κ2) is 8.91. The SMILES string of the molecule is Cc1ncc(-c2ccc3ncsc3c2)c(NCC2CCCN(C(=O)C3CCCC3)C2)n1. The summed E-state index contributed by atoms with van der Waals surface area (Å²) in [5, 5.41) is 3.59. The number of hydrogen-bond donors (Lipinski definition) is 1. The van der Waals surface area contributed by atoms with Gasteiger partial charge in [-0.15, -0.1) is 11.3 Å². The Balaban J connectivity index is 1.29. The van der Waals surface area contributed by atoms with E-state index in [0.29, 0.717) is 11.8 Å². The number of piperidine rings is 1. The molecule has 1 aliphatic carbocycles. The zero-order valence-corrected chi connectivity index (χ0v) is 18.8. The molecule has 1 amide bonds. The highest BCUT2D eigenvalue weighted by molar-refractivity contribution is 7.16. The van der Waals surface area contributed by atoms with Crippen LogP contribution in [0.5, 0.6) is 0 Å². The average Bonchev–Trinajstić information content (AvgIpc) is 3.49. The fourth-order valence-electron chi connectivity index (χ4n) is 4.94. The topological polar surface area (TPSA) is 71.0 Å². The van der Waals surface area contributed by atoms with Crippen LogP contribution in [0.25, 0.3) is 21.3 Å². The summed E-state index contributed by atoms with van der Waals surface area (Å²) in [6.07, 6.45) is 8.70. The van der Waals surface area contributed by atoms with Crippen LogP contribution >= 0.6 is 11.3 Å². The van der Waals surface area contributed by atoms with E-state index in [1.54, 1.807) is 11.3 Å². The van der Waals surface area contributed by atoms with Crippen LogP contribution in [0.3, 0.4) is 0 Å². The van der Waals surface area contributed by atoms with Crippen molar-refractivity contribution in [1.82, 2.24) is 19.9 Å². The first kappa shape index (κ1) is 20.4. The van der Waals surface area contributed by atoms with Crippen molar-refractivity contribution in [1.29, 1.82) is 0 Å². The van der Waals surface area contributed by atoms with Crippen LogP contribution in [0.4, 0.5) is 5.82 Å². The van der Waals surface area contributed by atoms with Gasteiger partial charge in [0.15, 0.2) is 0 Å². The van der Waals surface area contributed by atoms with Crippen LogP contribution in [0.1, 0.15) is 44.3 Å². The van der Waals surface area contributed by atoms with E-state index in [1.165, 1.54) is 12.8 Å². The minimum atomic E-state index is 0.268. The third-order valence-corrected chi connectivity index (χ3v) is 7.44. The quantitative estimate of drug-likeness (QED) is 0.617. The van der Waals surface area contributed by atoms with Crippen LogP contribution in [0, 0.1) is 18.8 Å². The molecule has 3 heterocycles. The number of thiazole rings is 1. The Kier molecular flexibility index (Phi) is 5.85. The van der Waals surface area contributed by atoms with Gasteiger partial charge < -0.3 is 10.2 Å². The lowest BCUT2D eigenvalue weighted by Crippen LogP contribution is -2.44. The van der Waals surface area contributed by atoms with Crippen LogP contribution in [-0.2, 0) is 4.79 Å². The molecule has 31 heavy (non-hydrogen) atoms.